The Bertz CT molecular complexity index is 1510. The van der Waals surface area contributed by atoms with Crippen molar-refractivity contribution in [1.29, 1.82) is 0 Å². The number of nitrogens with one attached hydrogen (secondary N) is 5. The number of hydrogen-bond donors (Lipinski definition) is 5. The van der Waals surface area contributed by atoms with Crippen molar-refractivity contribution in [3.8, 4) is 0 Å². The Morgan fingerprint density at radius 3 is 2.68 bits per heavy atom. The number of nitrogens with zero attached hydrogens (tertiary/aromatic N) is 1. The summed E-state index contributed by atoms with van der Waals surface area (Å²) in [5.74, 6) is 0.103. The normalized spacial score (nSPS) is 15.3. The van der Waals surface area contributed by atoms with Crippen molar-refractivity contribution in [2.24, 2.45) is 0 Å². The minimum atomic E-state index is -4.64. The van der Waals surface area contributed by atoms with Crippen LogP contribution in [0.25, 0.3) is 10.9 Å². The highest BCUT2D eigenvalue weighted by molar-refractivity contribution is 6.31. The van der Waals surface area contributed by atoms with Gasteiger partial charge in [-0.2, -0.15) is 18.3 Å². The lowest BCUT2D eigenvalue weighted by Gasteiger charge is -2.24. The zero-order chi connectivity index (χ0) is 26.3. The van der Waals surface area contributed by atoms with Gasteiger partial charge in [-0.15, -0.1) is 0 Å². The second-order valence-electron chi connectivity index (χ2n) is 8.93. The Hall–Kier alpha value is -3.99. The molecule has 0 saturated heterocycles. The number of H-pyrrole nitrogens is 2. The van der Waals surface area contributed by atoms with E-state index in [9.17, 15) is 22.8 Å². The number of aromatic amines is 2. The maximum absolute atomic E-state index is 13.1. The van der Waals surface area contributed by atoms with Crippen LogP contribution in [0, 0.1) is 6.92 Å². The molecule has 5 rings (SSSR count). The molecule has 0 bridgehead atoms. The molecule has 0 radical (unpaired) electrons. The molecule has 0 fully saturated rings. The SMILES string of the molecule is Cc1cc(NC(=O)c2cccc3[nH]c4c(c23)CC(NC(=O)Nc2ccc(Cl)c(C(F)(F)F)c2)CC4)n[nH]1. The van der Waals surface area contributed by atoms with E-state index in [1.165, 1.54) is 6.07 Å². The Labute approximate surface area is 214 Å². The van der Waals surface area contributed by atoms with Crippen LogP contribution in [0.3, 0.4) is 0 Å². The van der Waals surface area contributed by atoms with Crippen molar-refractivity contribution in [3.63, 3.8) is 0 Å². The van der Waals surface area contributed by atoms with E-state index >= 15 is 0 Å². The summed E-state index contributed by atoms with van der Waals surface area (Å²) >= 11 is 5.65. The maximum atomic E-state index is 13.1. The fourth-order valence-electron chi connectivity index (χ4n) is 4.63. The minimum Gasteiger partial charge on any atom is -0.358 e. The molecule has 1 aliphatic rings. The van der Waals surface area contributed by atoms with E-state index in [4.69, 9.17) is 11.6 Å². The average Bonchev–Trinajstić information content (AvgIpc) is 3.41. The van der Waals surface area contributed by atoms with E-state index in [0.29, 0.717) is 30.6 Å². The molecule has 2 aromatic carbocycles. The topological polar surface area (TPSA) is 115 Å². The monoisotopic (exact) mass is 530 g/mol. The van der Waals surface area contributed by atoms with Gasteiger partial charge in [-0.3, -0.25) is 9.89 Å². The van der Waals surface area contributed by atoms with Crippen LogP contribution in [0.2, 0.25) is 5.02 Å². The minimum absolute atomic E-state index is 0.0228. The molecule has 8 nitrogen and oxygen atoms in total. The Morgan fingerprint density at radius 1 is 1.14 bits per heavy atom. The number of carbonyl (C=O) groups excluding carboxylic acids is 2. The smallest absolute Gasteiger partial charge is 0.358 e. The molecule has 5 N–H and O–H groups in total. The van der Waals surface area contributed by atoms with Gasteiger partial charge in [-0.25, -0.2) is 4.79 Å². The summed E-state index contributed by atoms with van der Waals surface area (Å²) in [5, 5.41) is 15.2. The maximum Gasteiger partial charge on any atom is 0.417 e. The molecular formula is C25H22ClF3N6O2. The van der Waals surface area contributed by atoms with Crippen LogP contribution in [0.4, 0.5) is 29.5 Å². The van der Waals surface area contributed by atoms with E-state index in [1.54, 1.807) is 18.2 Å². The number of hydrogen-bond acceptors (Lipinski definition) is 3. The Morgan fingerprint density at radius 2 is 1.95 bits per heavy atom. The molecule has 0 saturated carbocycles. The van der Waals surface area contributed by atoms with Crippen molar-refractivity contribution in [3.05, 3.63) is 75.6 Å². The summed E-state index contributed by atoms with van der Waals surface area (Å²) in [6.07, 6.45) is -2.94. The first-order chi connectivity index (χ1) is 17.6. The lowest BCUT2D eigenvalue weighted by Crippen LogP contribution is -2.41. The van der Waals surface area contributed by atoms with Gasteiger partial charge >= 0.3 is 12.2 Å². The standard InChI is InChI=1S/C25H22ClF3N6O2/c1-12-9-21(35-34-12)33-23(36)15-3-2-4-20-22(15)16-10-13(6-8-19(16)32-20)30-24(37)31-14-5-7-18(26)17(11-14)25(27,28)29/h2-5,7,9,11,13,32H,6,8,10H2,1H3,(H2,30,31,37)(H2,33,34,35,36). The summed E-state index contributed by atoms with van der Waals surface area (Å²) in [4.78, 5) is 29.0. The average molecular weight is 531 g/mol. The van der Waals surface area contributed by atoms with Crippen molar-refractivity contribution in [2.75, 3.05) is 10.6 Å². The van der Waals surface area contributed by atoms with Crippen LogP contribution in [-0.4, -0.2) is 33.2 Å². The highest BCUT2D eigenvalue weighted by atomic mass is 35.5. The molecule has 0 spiro atoms. The van der Waals surface area contributed by atoms with Gasteiger partial charge in [0.15, 0.2) is 5.82 Å². The van der Waals surface area contributed by atoms with Crippen LogP contribution >= 0.6 is 11.6 Å². The summed E-state index contributed by atoms with van der Waals surface area (Å²) < 4.78 is 39.4. The second kappa shape index (κ2) is 9.47. The highest BCUT2D eigenvalue weighted by Crippen LogP contribution is 2.36. The number of aryl methyl sites for hydroxylation is 2. The lowest BCUT2D eigenvalue weighted by atomic mass is 9.90. The molecule has 192 valence electrons. The fraction of sp³-hybridized carbons (Fsp3) is 0.240. The van der Waals surface area contributed by atoms with Crippen LogP contribution in [0.1, 0.15) is 39.3 Å². The van der Waals surface area contributed by atoms with Crippen molar-refractivity contribution >= 4 is 45.9 Å². The van der Waals surface area contributed by atoms with E-state index in [0.717, 1.165) is 40.0 Å². The molecule has 37 heavy (non-hydrogen) atoms. The van der Waals surface area contributed by atoms with Crippen molar-refractivity contribution < 1.29 is 22.8 Å². The van der Waals surface area contributed by atoms with Gasteiger partial charge in [0.2, 0.25) is 0 Å². The molecule has 1 unspecified atom stereocenters. The predicted molar refractivity (Wildman–Crippen MR) is 134 cm³/mol. The summed E-state index contributed by atoms with van der Waals surface area (Å²) in [7, 11) is 0. The largest absolute Gasteiger partial charge is 0.417 e. The van der Waals surface area contributed by atoms with Gasteiger partial charge in [-0.05, 0) is 62.1 Å². The fourth-order valence-corrected chi connectivity index (χ4v) is 4.85. The third-order valence-electron chi connectivity index (χ3n) is 6.27. The van der Waals surface area contributed by atoms with Gasteiger partial charge in [-0.1, -0.05) is 17.7 Å². The first-order valence-corrected chi connectivity index (χ1v) is 11.9. The Kier molecular flexibility index (Phi) is 6.32. The second-order valence-corrected chi connectivity index (χ2v) is 9.34. The zero-order valence-corrected chi connectivity index (χ0v) is 20.3. The number of urea groups is 1. The molecule has 1 atom stereocenters. The molecule has 4 aromatic rings. The molecule has 1 aliphatic carbocycles. The number of amides is 3. The predicted octanol–water partition coefficient (Wildman–Crippen LogP) is 5.80. The van der Waals surface area contributed by atoms with Crippen LogP contribution in [0.5, 0.6) is 0 Å². The first-order valence-electron chi connectivity index (χ1n) is 11.5. The quantitative estimate of drug-likeness (QED) is 0.229. The zero-order valence-electron chi connectivity index (χ0n) is 19.5. The number of carbonyl (C=O) groups is 2. The highest BCUT2D eigenvalue weighted by Gasteiger charge is 2.33. The lowest BCUT2D eigenvalue weighted by molar-refractivity contribution is -0.137. The number of halogens is 4. The van der Waals surface area contributed by atoms with Crippen LogP contribution < -0.4 is 16.0 Å². The molecule has 2 aromatic heterocycles. The van der Waals surface area contributed by atoms with E-state index in [2.05, 4.69) is 31.1 Å². The number of rotatable bonds is 4. The number of benzene rings is 2. The summed E-state index contributed by atoms with van der Waals surface area (Å²) in [6, 6.07) is 9.41. The van der Waals surface area contributed by atoms with Gasteiger partial charge in [0.25, 0.3) is 5.91 Å². The van der Waals surface area contributed by atoms with Gasteiger partial charge in [0.1, 0.15) is 0 Å². The van der Waals surface area contributed by atoms with Crippen molar-refractivity contribution in [2.45, 2.75) is 38.4 Å². The molecular weight excluding hydrogens is 509 g/mol. The summed E-state index contributed by atoms with van der Waals surface area (Å²) in [6.45, 7) is 1.83. The van der Waals surface area contributed by atoms with E-state index < -0.39 is 22.8 Å². The van der Waals surface area contributed by atoms with Crippen LogP contribution in [0.15, 0.2) is 42.5 Å². The van der Waals surface area contributed by atoms with Gasteiger partial charge < -0.3 is 20.9 Å². The van der Waals surface area contributed by atoms with Crippen LogP contribution in [-0.2, 0) is 19.0 Å². The first kappa shape index (κ1) is 24.7. The molecule has 3 amide bonds. The third-order valence-corrected chi connectivity index (χ3v) is 6.60. The van der Waals surface area contributed by atoms with Crippen molar-refractivity contribution in [1.82, 2.24) is 20.5 Å². The number of fused-ring (bicyclic) bond motifs is 3. The molecule has 0 aliphatic heterocycles. The van der Waals surface area contributed by atoms with Gasteiger partial charge in [0.05, 0.1) is 10.6 Å². The number of alkyl halides is 3. The number of aromatic nitrogens is 3. The van der Waals surface area contributed by atoms with Gasteiger partial charge in [0, 0.05) is 45.6 Å². The Balaban J connectivity index is 1.33. The van der Waals surface area contributed by atoms with E-state index in [1.807, 2.05) is 13.0 Å². The third kappa shape index (κ3) is 5.12. The molecule has 12 heteroatoms. The van der Waals surface area contributed by atoms with E-state index in [-0.39, 0.29) is 17.6 Å². The number of anilines is 2. The molecule has 2 heterocycles. The summed E-state index contributed by atoms with van der Waals surface area (Å²) in [5.41, 5.74) is 2.95.